The summed E-state index contributed by atoms with van der Waals surface area (Å²) >= 11 is 12.9. The van der Waals surface area contributed by atoms with Crippen LogP contribution in [0.25, 0.3) is 0 Å². The Morgan fingerprint density at radius 3 is 2.77 bits per heavy atom. The second kappa shape index (κ2) is 5.03. The van der Waals surface area contributed by atoms with Gasteiger partial charge in [0.1, 0.15) is 0 Å². The third-order valence-corrected chi connectivity index (χ3v) is 3.23. The van der Waals surface area contributed by atoms with E-state index in [1.165, 1.54) is 0 Å². The maximum atomic E-state index is 11.0. The molecule has 1 rings (SSSR count). The van der Waals surface area contributed by atoms with E-state index in [-0.39, 0.29) is 11.7 Å². The lowest BCUT2D eigenvalue weighted by Crippen LogP contribution is -2.03. The van der Waals surface area contributed by atoms with Crippen LogP contribution in [0, 0.1) is 0 Å². The topological polar surface area (TPSA) is 17.1 Å². The standard InChI is InChI=1S/C9H8BrClOS/c10-8-2-1-6(4-9(8)13)3-7(12)5-11/h1-2,4,13H,3,5H2. The third-order valence-electron chi connectivity index (χ3n) is 1.56. The maximum Gasteiger partial charge on any atom is 0.151 e. The number of carbonyl (C=O) groups excluding carboxylic acids is 1. The lowest BCUT2D eigenvalue weighted by atomic mass is 10.1. The number of thiol groups is 1. The Bertz CT molecular complexity index is 327. The van der Waals surface area contributed by atoms with E-state index in [1.807, 2.05) is 18.2 Å². The molecule has 0 atom stereocenters. The number of Topliss-reactive ketones (excluding diaryl/α,β-unsaturated/α-hetero) is 1. The molecule has 0 amide bonds. The highest BCUT2D eigenvalue weighted by Gasteiger charge is 2.03. The minimum Gasteiger partial charge on any atom is -0.298 e. The van der Waals surface area contributed by atoms with Crippen molar-refractivity contribution >= 4 is 45.9 Å². The maximum absolute atomic E-state index is 11.0. The van der Waals surface area contributed by atoms with E-state index in [0.29, 0.717) is 6.42 Å². The smallest absolute Gasteiger partial charge is 0.151 e. The highest BCUT2D eigenvalue weighted by Crippen LogP contribution is 2.21. The van der Waals surface area contributed by atoms with Crippen LogP contribution in [0.2, 0.25) is 0 Å². The molecule has 0 saturated heterocycles. The molecule has 0 fully saturated rings. The van der Waals surface area contributed by atoms with Crippen molar-refractivity contribution in [3.05, 3.63) is 28.2 Å². The van der Waals surface area contributed by atoms with Gasteiger partial charge in [0.15, 0.2) is 5.78 Å². The van der Waals surface area contributed by atoms with Crippen molar-refractivity contribution in [1.29, 1.82) is 0 Å². The molecule has 0 unspecified atom stereocenters. The Kier molecular flexibility index (Phi) is 4.29. The van der Waals surface area contributed by atoms with E-state index >= 15 is 0 Å². The molecule has 0 aliphatic rings. The molecular formula is C9H8BrClOS. The Balaban J connectivity index is 2.79. The molecule has 0 aliphatic heterocycles. The molecule has 0 spiro atoms. The summed E-state index contributed by atoms with van der Waals surface area (Å²) in [6, 6.07) is 5.62. The zero-order valence-electron chi connectivity index (χ0n) is 6.76. The number of alkyl halides is 1. The van der Waals surface area contributed by atoms with Crippen molar-refractivity contribution in [2.45, 2.75) is 11.3 Å². The van der Waals surface area contributed by atoms with E-state index in [0.717, 1.165) is 14.9 Å². The van der Waals surface area contributed by atoms with Crippen molar-refractivity contribution in [3.63, 3.8) is 0 Å². The number of ketones is 1. The quantitative estimate of drug-likeness (QED) is 0.665. The summed E-state index contributed by atoms with van der Waals surface area (Å²) in [4.78, 5) is 11.8. The van der Waals surface area contributed by atoms with Gasteiger partial charge in [0.25, 0.3) is 0 Å². The molecule has 0 bridgehead atoms. The molecule has 1 nitrogen and oxygen atoms in total. The number of hydrogen-bond donors (Lipinski definition) is 1. The largest absolute Gasteiger partial charge is 0.298 e. The van der Waals surface area contributed by atoms with Gasteiger partial charge in [-0.2, -0.15) is 0 Å². The highest BCUT2D eigenvalue weighted by molar-refractivity contribution is 9.10. The van der Waals surface area contributed by atoms with Gasteiger partial charge in [-0.1, -0.05) is 6.07 Å². The van der Waals surface area contributed by atoms with Gasteiger partial charge in [-0.3, -0.25) is 4.79 Å². The van der Waals surface area contributed by atoms with Crippen LogP contribution >= 0.6 is 40.2 Å². The monoisotopic (exact) mass is 278 g/mol. The molecule has 0 N–H and O–H groups in total. The highest BCUT2D eigenvalue weighted by atomic mass is 79.9. The lowest BCUT2D eigenvalue weighted by molar-refractivity contribution is -0.116. The Hall–Kier alpha value is 0.01000. The zero-order chi connectivity index (χ0) is 9.84. The fraction of sp³-hybridized carbons (Fsp3) is 0.222. The van der Waals surface area contributed by atoms with Crippen LogP contribution in [0.3, 0.4) is 0 Å². The van der Waals surface area contributed by atoms with Crippen LogP contribution in [0.1, 0.15) is 5.56 Å². The van der Waals surface area contributed by atoms with Gasteiger partial charge in [-0.25, -0.2) is 0 Å². The fourth-order valence-corrected chi connectivity index (χ4v) is 1.52. The van der Waals surface area contributed by atoms with Gasteiger partial charge < -0.3 is 0 Å². The molecule has 0 aromatic heterocycles. The molecule has 0 saturated carbocycles. The fourth-order valence-electron chi connectivity index (χ4n) is 0.943. The van der Waals surface area contributed by atoms with Gasteiger partial charge in [0.2, 0.25) is 0 Å². The second-order valence-corrected chi connectivity index (χ2v) is 4.24. The predicted molar refractivity (Wildman–Crippen MR) is 60.8 cm³/mol. The summed E-state index contributed by atoms with van der Waals surface area (Å²) < 4.78 is 0.929. The first-order valence-corrected chi connectivity index (χ1v) is 5.46. The van der Waals surface area contributed by atoms with Crippen molar-refractivity contribution in [2.24, 2.45) is 0 Å². The molecule has 0 radical (unpaired) electrons. The van der Waals surface area contributed by atoms with Crippen LogP contribution in [0.15, 0.2) is 27.6 Å². The molecule has 0 heterocycles. The van der Waals surface area contributed by atoms with E-state index in [9.17, 15) is 4.79 Å². The number of rotatable bonds is 3. The van der Waals surface area contributed by atoms with Crippen LogP contribution in [-0.2, 0) is 11.2 Å². The summed E-state index contributed by atoms with van der Waals surface area (Å²) in [6.07, 6.45) is 0.379. The summed E-state index contributed by atoms with van der Waals surface area (Å²) in [5.41, 5.74) is 0.943. The molecule has 4 heteroatoms. The minimum absolute atomic E-state index is 0.0247. The van der Waals surface area contributed by atoms with E-state index < -0.39 is 0 Å². The first kappa shape index (κ1) is 11.1. The molecule has 0 aliphatic carbocycles. The first-order chi connectivity index (χ1) is 6.13. The lowest BCUT2D eigenvalue weighted by Gasteiger charge is -2.01. The van der Waals surface area contributed by atoms with Gasteiger partial charge in [0.05, 0.1) is 5.88 Å². The van der Waals surface area contributed by atoms with Crippen molar-refractivity contribution in [2.75, 3.05) is 5.88 Å². The summed E-state index contributed by atoms with van der Waals surface area (Å²) in [5, 5.41) is 0. The SMILES string of the molecule is O=C(CCl)Cc1ccc(Br)c(S)c1. The number of carbonyl (C=O) groups is 1. The van der Waals surface area contributed by atoms with Crippen molar-refractivity contribution < 1.29 is 4.79 Å². The number of benzene rings is 1. The van der Waals surface area contributed by atoms with Crippen molar-refractivity contribution in [1.82, 2.24) is 0 Å². The predicted octanol–water partition coefficient (Wildman–Crippen LogP) is 3.09. The Morgan fingerprint density at radius 1 is 1.54 bits per heavy atom. The normalized spacial score (nSPS) is 10.1. The average molecular weight is 280 g/mol. The minimum atomic E-state index is 0.0247. The Labute approximate surface area is 96.0 Å². The van der Waals surface area contributed by atoms with Gasteiger partial charge >= 0.3 is 0 Å². The molecule has 1 aromatic rings. The van der Waals surface area contributed by atoms with Gasteiger partial charge in [0, 0.05) is 15.8 Å². The molecule has 13 heavy (non-hydrogen) atoms. The molecule has 70 valence electrons. The molecule has 1 aromatic carbocycles. The van der Waals surface area contributed by atoms with E-state index in [2.05, 4.69) is 28.6 Å². The van der Waals surface area contributed by atoms with Gasteiger partial charge in [-0.05, 0) is 33.6 Å². The average Bonchev–Trinajstić information content (AvgIpc) is 2.11. The number of halogens is 2. The number of hydrogen-bond acceptors (Lipinski definition) is 2. The zero-order valence-corrected chi connectivity index (χ0v) is 9.99. The first-order valence-electron chi connectivity index (χ1n) is 3.68. The van der Waals surface area contributed by atoms with Crippen molar-refractivity contribution in [3.8, 4) is 0 Å². The van der Waals surface area contributed by atoms with Crippen LogP contribution in [0.5, 0.6) is 0 Å². The Morgan fingerprint density at radius 2 is 2.23 bits per heavy atom. The van der Waals surface area contributed by atoms with E-state index in [4.69, 9.17) is 11.6 Å². The van der Waals surface area contributed by atoms with Crippen LogP contribution in [-0.4, -0.2) is 11.7 Å². The third kappa shape index (κ3) is 3.33. The second-order valence-electron chi connectivity index (χ2n) is 2.63. The van der Waals surface area contributed by atoms with Gasteiger partial charge in [-0.15, -0.1) is 24.2 Å². The van der Waals surface area contributed by atoms with Crippen LogP contribution in [0.4, 0.5) is 0 Å². The summed E-state index contributed by atoms with van der Waals surface area (Å²) in [5.74, 6) is 0.0922. The van der Waals surface area contributed by atoms with E-state index in [1.54, 1.807) is 0 Å². The summed E-state index contributed by atoms with van der Waals surface area (Å²) in [6.45, 7) is 0. The summed E-state index contributed by atoms with van der Waals surface area (Å²) in [7, 11) is 0. The van der Waals surface area contributed by atoms with Crippen LogP contribution < -0.4 is 0 Å². The molecular weight excluding hydrogens is 272 g/mol.